The second kappa shape index (κ2) is 8.71. The summed E-state index contributed by atoms with van der Waals surface area (Å²) in [5, 5.41) is 5.10. The summed E-state index contributed by atoms with van der Waals surface area (Å²) in [6.45, 7) is 0.238. The molecule has 2 rings (SSSR count). The number of hydrogen-bond acceptors (Lipinski definition) is 2. The molecule has 0 radical (unpaired) electrons. The SMILES string of the molecule is O=C(CCc1cccc(Cl)c1)NCc1ccc(NC(=O)C(F)(F)F)cc1. The lowest BCUT2D eigenvalue weighted by Gasteiger charge is -2.09. The molecule has 0 unspecified atom stereocenters. The molecule has 0 aromatic heterocycles. The third kappa shape index (κ3) is 6.40. The van der Waals surface area contributed by atoms with Crippen LogP contribution in [0.5, 0.6) is 0 Å². The maximum absolute atomic E-state index is 12.2. The minimum atomic E-state index is -4.93. The Morgan fingerprint density at radius 1 is 1.00 bits per heavy atom. The van der Waals surface area contributed by atoms with Crippen LogP contribution in [0.2, 0.25) is 5.02 Å². The molecule has 2 N–H and O–H groups in total. The van der Waals surface area contributed by atoms with Crippen LogP contribution in [-0.2, 0) is 22.6 Å². The Bertz CT molecular complexity index is 777. The van der Waals surface area contributed by atoms with Crippen molar-refractivity contribution >= 4 is 29.1 Å². The summed E-state index contributed by atoms with van der Waals surface area (Å²) in [5.41, 5.74) is 1.69. The van der Waals surface area contributed by atoms with E-state index in [1.807, 2.05) is 12.1 Å². The highest BCUT2D eigenvalue weighted by Crippen LogP contribution is 2.18. The van der Waals surface area contributed by atoms with E-state index in [1.165, 1.54) is 24.3 Å². The van der Waals surface area contributed by atoms with Crippen LogP contribution in [0.1, 0.15) is 17.5 Å². The molecule has 0 bridgehead atoms. The van der Waals surface area contributed by atoms with Crippen molar-refractivity contribution in [2.75, 3.05) is 5.32 Å². The average Bonchev–Trinajstić information content (AvgIpc) is 2.58. The lowest BCUT2D eigenvalue weighted by Crippen LogP contribution is -2.29. The normalized spacial score (nSPS) is 11.1. The first-order chi connectivity index (χ1) is 12.2. The number of benzene rings is 2. The second-order valence-corrected chi connectivity index (χ2v) is 5.99. The van der Waals surface area contributed by atoms with E-state index in [0.717, 1.165) is 5.56 Å². The Balaban J connectivity index is 1.78. The molecule has 8 heteroatoms. The largest absolute Gasteiger partial charge is 0.471 e. The lowest BCUT2D eigenvalue weighted by molar-refractivity contribution is -0.167. The van der Waals surface area contributed by atoms with Gasteiger partial charge >= 0.3 is 12.1 Å². The molecule has 0 heterocycles. The van der Waals surface area contributed by atoms with E-state index in [1.54, 1.807) is 17.4 Å². The van der Waals surface area contributed by atoms with Crippen LogP contribution in [0.3, 0.4) is 0 Å². The van der Waals surface area contributed by atoms with Crippen molar-refractivity contribution < 1.29 is 22.8 Å². The zero-order valence-corrected chi connectivity index (χ0v) is 14.3. The number of nitrogens with one attached hydrogen (secondary N) is 2. The van der Waals surface area contributed by atoms with Crippen LogP contribution in [0, 0.1) is 0 Å². The van der Waals surface area contributed by atoms with Gasteiger partial charge in [-0.2, -0.15) is 13.2 Å². The first kappa shape index (κ1) is 19.8. The van der Waals surface area contributed by atoms with Gasteiger partial charge in [-0.1, -0.05) is 35.9 Å². The third-order valence-electron chi connectivity index (χ3n) is 3.49. The Morgan fingerprint density at radius 2 is 1.69 bits per heavy atom. The van der Waals surface area contributed by atoms with Gasteiger partial charge in [-0.05, 0) is 41.8 Å². The second-order valence-electron chi connectivity index (χ2n) is 5.56. The topological polar surface area (TPSA) is 58.2 Å². The quantitative estimate of drug-likeness (QED) is 0.788. The summed E-state index contributed by atoms with van der Waals surface area (Å²) < 4.78 is 36.5. The molecule has 0 saturated heterocycles. The molecule has 0 atom stereocenters. The summed E-state index contributed by atoms with van der Waals surface area (Å²) in [5.74, 6) is -2.18. The molecule has 26 heavy (non-hydrogen) atoms. The molecular weight excluding hydrogens is 369 g/mol. The highest BCUT2D eigenvalue weighted by atomic mass is 35.5. The Labute approximate surface area is 153 Å². The zero-order valence-electron chi connectivity index (χ0n) is 13.6. The van der Waals surface area contributed by atoms with E-state index < -0.39 is 12.1 Å². The predicted octanol–water partition coefficient (Wildman–Crippen LogP) is 4.09. The van der Waals surface area contributed by atoms with Gasteiger partial charge in [-0.15, -0.1) is 0 Å². The highest BCUT2D eigenvalue weighted by molar-refractivity contribution is 6.30. The molecule has 2 aromatic carbocycles. The number of aryl methyl sites for hydroxylation is 1. The fourth-order valence-corrected chi connectivity index (χ4v) is 2.36. The lowest BCUT2D eigenvalue weighted by atomic mass is 10.1. The molecule has 0 spiro atoms. The highest BCUT2D eigenvalue weighted by Gasteiger charge is 2.38. The van der Waals surface area contributed by atoms with Gasteiger partial charge in [0.2, 0.25) is 5.91 Å². The van der Waals surface area contributed by atoms with Crippen molar-refractivity contribution in [2.45, 2.75) is 25.6 Å². The molecule has 138 valence electrons. The van der Waals surface area contributed by atoms with E-state index in [0.29, 0.717) is 23.4 Å². The van der Waals surface area contributed by atoms with E-state index in [2.05, 4.69) is 5.32 Å². The van der Waals surface area contributed by atoms with Gasteiger partial charge in [0.15, 0.2) is 0 Å². The molecule has 0 saturated carbocycles. The van der Waals surface area contributed by atoms with Gasteiger partial charge in [0.25, 0.3) is 0 Å². The Hall–Kier alpha value is -2.54. The van der Waals surface area contributed by atoms with Crippen molar-refractivity contribution in [3.05, 3.63) is 64.7 Å². The summed E-state index contributed by atoms with van der Waals surface area (Å²) in [6, 6.07) is 13.0. The number of alkyl halides is 3. The molecule has 0 aliphatic rings. The molecular formula is C18H16ClF3N2O2. The van der Waals surface area contributed by atoms with Gasteiger partial charge in [0.05, 0.1) is 0 Å². The van der Waals surface area contributed by atoms with Crippen molar-refractivity contribution in [1.29, 1.82) is 0 Å². The number of carbonyl (C=O) groups is 2. The molecule has 0 fully saturated rings. The molecule has 2 amide bonds. The Morgan fingerprint density at radius 3 is 2.31 bits per heavy atom. The number of hydrogen-bond donors (Lipinski definition) is 2. The summed E-state index contributed by atoms with van der Waals surface area (Å²) in [7, 11) is 0. The first-order valence-electron chi connectivity index (χ1n) is 7.72. The number of carbonyl (C=O) groups excluding carboxylic acids is 2. The number of halogens is 4. The number of rotatable bonds is 6. The standard InChI is InChI=1S/C18H16ClF3N2O2/c19-14-3-1-2-12(10-14)6-9-16(25)23-11-13-4-7-15(8-5-13)24-17(26)18(20,21)22/h1-5,7-8,10H,6,9,11H2,(H,23,25)(H,24,26). The van der Waals surface area contributed by atoms with Crippen molar-refractivity contribution in [2.24, 2.45) is 0 Å². The van der Waals surface area contributed by atoms with Gasteiger partial charge in [-0.25, -0.2) is 0 Å². The van der Waals surface area contributed by atoms with Crippen LogP contribution in [0.25, 0.3) is 0 Å². The minimum absolute atomic E-state index is 0.0309. The minimum Gasteiger partial charge on any atom is -0.352 e. The van der Waals surface area contributed by atoms with Gasteiger partial charge in [-0.3, -0.25) is 9.59 Å². The van der Waals surface area contributed by atoms with Crippen LogP contribution >= 0.6 is 11.6 Å². The van der Waals surface area contributed by atoms with Crippen molar-refractivity contribution in [3.63, 3.8) is 0 Å². The van der Waals surface area contributed by atoms with E-state index >= 15 is 0 Å². The van der Waals surface area contributed by atoms with Crippen LogP contribution in [0.15, 0.2) is 48.5 Å². The fraction of sp³-hybridized carbons (Fsp3) is 0.222. The Kier molecular flexibility index (Phi) is 6.63. The summed E-state index contributed by atoms with van der Waals surface area (Å²) in [4.78, 5) is 22.7. The maximum Gasteiger partial charge on any atom is 0.471 e. The molecule has 4 nitrogen and oxygen atoms in total. The van der Waals surface area contributed by atoms with Crippen LogP contribution in [-0.4, -0.2) is 18.0 Å². The van der Waals surface area contributed by atoms with E-state index in [4.69, 9.17) is 11.6 Å². The third-order valence-corrected chi connectivity index (χ3v) is 3.72. The van der Waals surface area contributed by atoms with Crippen molar-refractivity contribution in [1.82, 2.24) is 5.32 Å². The molecule has 0 aliphatic heterocycles. The van der Waals surface area contributed by atoms with Gasteiger partial charge < -0.3 is 10.6 Å². The summed E-state index contributed by atoms with van der Waals surface area (Å²) >= 11 is 5.88. The van der Waals surface area contributed by atoms with Crippen LogP contribution in [0.4, 0.5) is 18.9 Å². The van der Waals surface area contributed by atoms with Crippen LogP contribution < -0.4 is 10.6 Å². The molecule has 0 aliphatic carbocycles. The smallest absolute Gasteiger partial charge is 0.352 e. The monoisotopic (exact) mass is 384 g/mol. The fourth-order valence-electron chi connectivity index (χ4n) is 2.15. The molecule has 2 aromatic rings. The van der Waals surface area contributed by atoms with E-state index in [-0.39, 0.29) is 18.1 Å². The number of amides is 2. The zero-order chi connectivity index (χ0) is 19.2. The van der Waals surface area contributed by atoms with Crippen molar-refractivity contribution in [3.8, 4) is 0 Å². The van der Waals surface area contributed by atoms with Gasteiger partial charge in [0.1, 0.15) is 0 Å². The van der Waals surface area contributed by atoms with E-state index in [9.17, 15) is 22.8 Å². The van der Waals surface area contributed by atoms with Gasteiger partial charge in [0, 0.05) is 23.7 Å². The maximum atomic E-state index is 12.2. The summed E-state index contributed by atoms with van der Waals surface area (Å²) in [6.07, 6.45) is -4.09. The average molecular weight is 385 g/mol. The first-order valence-corrected chi connectivity index (χ1v) is 8.10. The number of anilines is 1. The predicted molar refractivity (Wildman–Crippen MR) is 92.7 cm³/mol.